The van der Waals surface area contributed by atoms with E-state index in [4.69, 9.17) is 4.74 Å². The summed E-state index contributed by atoms with van der Waals surface area (Å²) >= 11 is 1.65. The highest BCUT2D eigenvalue weighted by atomic mass is 32.1. The van der Waals surface area contributed by atoms with Crippen molar-refractivity contribution in [2.24, 2.45) is 0 Å². The first-order valence-electron chi connectivity index (χ1n) is 13.9. The molecule has 0 saturated heterocycles. The zero-order valence-electron chi connectivity index (χ0n) is 24.9. The van der Waals surface area contributed by atoms with Crippen LogP contribution >= 0.6 is 11.3 Å². The number of hydrogen-bond donors (Lipinski definition) is 1. The van der Waals surface area contributed by atoms with Crippen molar-refractivity contribution >= 4 is 39.0 Å². The van der Waals surface area contributed by atoms with E-state index in [-0.39, 0.29) is 17.4 Å². The van der Waals surface area contributed by atoms with Crippen LogP contribution in [0.5, 0.6) is 11.5 Å². The van der Waals surface area contributed by atoms with Crippen LogP contribution in [-0.4, -0.2) is 56.3 Å². The molecule has 8 nitrogen and oxygen atoms in total. The van der Waals surface area contributed by atoms with Gasteiger partial charge in [-0.2, -0.15) is 0 Å². The van der Waals surface area contributed by atoms with Gasteiger partial charge >= 0.3 is 0 Å². The number of rotatable bonds is 7. The molecule has 4 aromatic rings. The summed E-state index contributed by atoms with van der Waals surface area (Å²) in [6, 6.07) is 9.85. The van der Waals surface area contributed by atoms with Crippen LogP contribution < -0.4 is 10.1 Å². The van der Waals surface area contributed by atoms with E-state index in [0.29, 0.717) is 18.8 Å². The molecule has 214 valence electrons. The molecule has 1 atom stereocenters. The quantitative estimate of drug-likeness (QED) is 0.240. The summed E-state index contributed by atoms with van der Waals surface area (Å²) in [4.78, 5) is 32.8. The van der Waals surface area contributed by atoms with Crippen molar-refractivity contribution in [3.05, 3.63) is 76.7 Å². The number of pyridine rings is 1. The molecule has 0 spiro atoms. The Labute approximate surface area is 246 Å². The number of thiophene rings is 1. The van der Waals surface area contributed by atoms with Gasteiger partial charge in [-0.05, 0) is 83.1 Å². The summed E-state index contributed by atoms with van der Waals surface area (Å²) in [5.41, 5.74) is 4.15. The molecule has 4 heterocycles. The zero-order valence-corrected chi connectivity index (χ0v) is 25.7. The van der Waals surface area contributed by atoms with E-state index in [9.17, 15) is 4.79 Å². The number of aryl methyl sites for hydroxylation is 2. The molecule has 0 bridgehead atoms. The highest BCUT2D eigenvalue weighted by Crippen LogP contribution is 2.42. The molecule has 0 radical (unpaired) electrons. The second-order valence-electron chi connectivity index (χ2n) is 11.8. The Bertz CT molecular complexity index is 1590. The van der Waals surface area contributed by atoms with Gasteiger partial charge in [0.15, 0.2) is 0 Å². The first kappa shape index (κ1) is 28.7. The lowest BCUT2D eigenvalue weighted by atomic mass is 9.94. The highest BCUT2D eigenvalue weighted by Gasteiger charge is 2.30. The second kappa shape index (κ2) is 11.6. The third kappa shape index (κ3) is 6.41. The number of hydrogen-bond acceptors (Lipinski definition) is 8. The average molecular weight is 571 g/mol. The fourth-order valence-electron chi connectivity index (χ4n) is 4.87. The maximum absolute atomic E-state index is 13.1. The number of fused-ring (bicyclic) bond motifs is 3. The van der Waals surface area contributed by atoms with E-state index in [0.717, 1.165) is 45.3 Å². The zero-order chi connectivity index (χ0) is 29.3. The third-order valence-electron chi connectivity index (χ3n) is 7.57. The van der Waals surface area contributed by atoms with Crippen LogP contribution in [-0.2, 0) is 11.3 Å². The standard InChI is InChI=1S/C32H38N6O2S/c1-20-15-23(11-13-25(20)40-24-12-10-22(3)33-16-24)36-30-29-28-21(2)17-38(18-26(28)41-31(29)35-19-34-30)27(39)9-8-14-37(7)32(4,5)6/h8-13,15-16,19,21H,14,17-18H2,1-7H3,(H,34,35,36)/b9-8+/t21-/m1/s1. The molecule has 0 saturated carbocycles. The summed E-state index contributed by atoms with van der Waals surface area (Å²) < 4.78 is 6.04. The van der Waals surface area contributed by atoms with Crippen molar-refractivity contribution in [3.63, 3.8) is 0 Å². The van der Waals surface area contributed by atoms with Crippen LogP contribution in [0.2, 0.25) is 0 Å². The minimum atomic E-state index is 0.0471. The summed E-state index contributed by atoms with van der Waals surface area (Å²) in [6.07, 6.45) is 7.01. The number of carbonyl (C=O) groups is 1. The lowest BCUT2D eigenvalue weighted by Crippen LogP contribution is -2.38. The number of nitrogens with zero attached hydrogens (tertiary/aromatic N) is 5. The number of ether oxygens (including phenoxy) is 1. The van der Waals surface area contributed by atoms with E-state index in [2.05, 4.69) is 66.0 Å². The Morgan fingerprint density at radius 2 is 2.00 bits per heavy atom. The summed E-state index contributed by atoms with van der Waals surface area (Å²) in [5.74, 6) is 2.47. The van der Waals surface area contributed by atoms with Gasteiger partial charge in [0.2, 0.25) is 5.91 Å². The smallest absolute Gasteiger partial charge is 0.246 e. The van der Waals surface area contributed by atoms with Gasteiger partial charge in [-0.1, -0.05) is 13.0 Å². The minimum absolute atomic E-state index is 0.0471. The van der Waals surface area contributed by atoms with Gasteiger partial charge in [-0.3, -0.25) is 14.7 Å². The first-order chi connectivity index (χ1) is 19.5. The molecular formula is C32H38N6O2S. The average Bonchev–Trinajstić information content (AvgIpc) is 3.31. The van der Waals surface area contributed by atoms with Crippen molar-refractivity contribution in [2.75, 3.05) is 25.5 Å². The lowest BCUT2D eigenvalue weighted by Gasteiger charge is -2.31. The van der Waals surface area contributed by atoms with Crippen LogP contribution in [0.3, 0.4) is 0 Å². The Balaban J connectivity index is 1.34. The second-order valence-corrected chi connectivity index (χ2v) is 12.8. The van der Waals surface area contributed by atoms with Crippen LogP contribution in [0.25, 0.3) is 10.2 Å². The van der Waals surface area contributed by atoms with Gasteiger partial charge in [-0.15, -0.1) is 11.3 Å². The number of likely N-dealkylation sites (N-methyl/N-ethyl adjacent to an activating group) is 1. The van der Waals surface area contributed by atoms with Crippen LogP contribution in [0.15, 0.2) is 55.0 Å². The molecule has 1 aromatic carbocycles. The molecule has 0 unspecified atom stereocenters. The van der Waals surface area contributed by atoms with Crippen LogP contribution in [0, 0.1) is 13.8 Å². The molecule has 1 aliphatic heterocycles. The van der Waals surface area contributed by atoms with Crippen molar-refractivity contribution < 1.29 is 9.53 Å². The Hall–Kier alpha value is -3.82. The van der Waals surface area contributed by atoms with Gasteiger partial charge in [0.1, 0.15) is 28.5 Å². The van der Waals surface area contributed by atoms with Crippen molar-refractivity contribution in [1.82, 2.24) is 24.8 Å². The predicted molar refractivity (Wildman–Crippen MR) is 166 cm³/mol. The van der Waals surface area contributed by atoms with E-state index in [1.807, 2.05) is 49.1 Å². The first-order valence-corrected chi connectivity index (χ1v) is 14.7. The molecule has 1 aliphatic rings. The molecular weight excluding hydrogens is 532 g/mol. The molecule has 1 N–H and O–H groups in total. The normalized spacial score (nSPS) is 15.5. The number of benzene rings is 1. The van der Waals surface area contributed by atoms with Crippen molar-refractivity contribution in [2.45, 2.75) is 59.5 Å². The summed E-state index contributed by atoms with van der Waals surface area (Å²) in [6.45, 7) is 14.6. The van der Waals surface area contributed by atoms with E-state index in [1.54, 1.807) is 29.9 Å². The Kier molecular flexibility index (Phi) is 8.11. The Morgan fingerprint density at radius 3 is 2.71 bits per heavy atom. The Morgan fingerprint density at radius 1 is 1.20 bits per heavy atom. The van der Waals surface area contributed by atoms with Gasteiger partial charge < -0.3 is 15.0 Å². The molecule has 5 rings (SSSR count). The molecule has 0 aliphatic carbocycles. The molecule has 1 amide bonds. The number of carbonyl (C=O) groups excluding carboxylic acids is 1. The van der Waals surface area contributed by atoms with Crippen molar-refractivity contribution in [3.8, 4) is 11.5 Å². The number of anilines is 2. The maximum atomic E-state index is 13.1. The topological polar surface area (TPSA) is 83.5 Å². The molecule has 9 heteroatoms. The summed E-state index contributed by atoms with van der Waals surface area (Å²) in [5, 5.41) is 4.56. The molecule has 0 fully saturated rings. The van der Waals surface area contributed by atoms with Gasteiger partial charge in [0.25, 0.3) is 0 Å². The molecule has 41 heavy (non-hydrogen) atoms. The largest absolute Gasteiger partial charge is 0.455 e. The van der Waals surface area contributed by atoms with Gasteiger partial charge in [0, 0.05) is 46.9 Å². The number of aromatic nitrogens is 3. The third-order valence-corrected chi connectivity index (χ3v) is 8.67. The lowest BCUT2D eigenvalue weighted by molar-refractivity contribution is -0.127. The number of nitrogens with one attached hydrogen (secondary N) is 1. The van der Waals surface area contributed by atoms with E-state index >= 15 is 0 Å². The van der Waals surface area contributed by atoms with Gasteiger partial charge in [-0.25, -0.2) is 9.97 Å². The SMILES string of the molecule is Cc1ccc(Oc2ccc(Nc3ncnc4sc5c(c34)[C@H](C)CN(C(=O)/C=C/CN(C)C(C)(C)C)C5)cc2C)cn1. The van der Waals surface area contributed by atoms with Crippen LogP contribution in [0.1, 0.15) is 55.3 Å². The fraction of sp³-hybridized carbons (Fsp3) is 0.375. The number of amides is 1. The maximum Gasteiger partial charge on any atom is 0.246 e. The monoisotopic (exact) mass is 570 g/mol. The highest BCUT2D eigenvalue weighted by molar-refractivity contribution is 7.19. The fourth-order valence-corrected chi connectivity index (χ4v) is 6.15. The molecule has 3 aromatic heterocycles. The van der Waals surface area contributed by atoms with Crippen molar-refractivity contribution in [1.29, 1.82) is 0 Å². The van der Waals surface area contributed by atoms with Gasteiger partial charge in [0.05, 0.1) is 18.1 Å². The summed E-state index contributed by atoms with van der Waals surface area (Å²) in [7, 11) is 2.07. The predicted octanol–water partition coefficient (Wildman–Crippen LogP) is 6.97. The van der Waals surface area contributed by atoms with E-state index in [1.165, 1.54) is 10.4 Å². The van der Waals surface area contributed by atoms with E-state index < -0.39 is 0 Å². The van der Waals surface area contributed by atoms with Crippen LogP contribution in [0.4, 0.5) is 11.5 Å². The minimum Gasteiger partial charge on any atom is -0.455 e.